The zero-order valence-corrected chi connectivity index (χ0v) is 7.23. The molecule has 0 aromatic heterocycles. The molecule has 0 aliphatic rings. The van der Waals surface area contributed by atoms with Gasteiger partial charge in [-0.15, -0.1) is 12.4 Å². The second-order valence-corrected chi connectivity index (χ2v) is 2.01. The molecule has 2 nitrogen and oxygen atoms in total. The van der Waals surface area contributed by atoms with Crippen LogP contribution < -0.4 is 10.5 Å². The molecule has 0 saturated heterocycles. The molecular formula is C8H12ClNO. The van der Waals surface area contributed by atoms with Gasteiger partial charge < -0.3 is 10.5 Å². The maximum atomic E-state index is 5.51. The van der Waals surface area contributed by atoms with E-state index in [9.17, 15) is 0 Å². The summed E-state index contributed by atoms with van der Waals surface area (Å²) in [5.74, 6) is 0.836. The molecule has 0 unspecified atom stereocenters. The highest BCUT2D eigenvalue weighted by molar-refractivity contribution is 5.85. The second kappa shape index (κ2) is 4.85. The van der Waals surface area contributed by atoms with Crippen LogP contribution in [0.4, 0.5) is 5.69 Å². The summed E-state index contributed by atoms with van der Waals surface area (Å²) in [6, 6.07) is 7.41. The molecule has 62 valence electrons. The van der Waals surface area contributed by atoms with Crippen LogP contribution in [0.15, 0.2) is 24.3 Å². The van der Waals surface area contributed by atoms with Gasteiger partial charge in [-0.3, -0.25) is 0 Å². The lowest BCUT2D eigenvalue weighted by Gasteiger charge is -2.01. The first-order valence-corrected chi connectivity index (χ1v) is 3.31. The van der Waals surface area contributed by atoms with Gasteiger partial charge in [-0.05, 0) is 19.1 Å². The van der Waals surface area contributed by atoms with Gasteiger partial charge >= 0.3 is 0 Å². The Bertz CT molecular complexity index is 215. The molecular weight excluding hydrogens is 162 g/mol. The van der Waals surface area contributed by atoms with Crippen molar-refractivity contribution in [2.75, 3.05) is 12.3 Å². The van der Waals surface area contributed by atoms with Gasteiger partial charge in [-0.2, -0.15) is 0 Å². The molecule has 0 amide bonds. The summed E-state index contributed by atoms with van der Waals surface area (Å²) in [5.41, 5.74) is 6.25. The van der Waals surface area contributed by atoms with Gasteiger partial charge in [0.15, 0.2) is 0 Å². The van der Waals surface area contributed by atoms with Crippen LogP contribution in [0.25, 0.3) is 0 Å². The zero-order chi connectivity index (χ0) is 7.40. The molecule has 3 heteroatoms. The Morgan fingerprint density at radius 3 is 2.73 bits per heavy atom. The molecule has 0 aliphatic heterocycles. The average molecular weight is 174 g/mol. The molecule has 1 aromatic rings. The summed E-state index contributed by atoms with van der Waals surface area (Å²) in [6.07, 6.45) is 0. The van der Waals surface area contributed by atoms with Crippen LogP contribution in [0.2, 0.25) is 0 Å². The molecule has 11 heavy (non-hydrogen) atoms. The van der Waals surface area contributed by atoms with Crippen LogP contribution in [0, 0.1) is 0 Å². The predicted octanol–water partition coefficient (Wildman–Crippen LogP) is 2.09. The number of nitrogen functional groups attached to an aromatic ring is 1. The van der Waals surface area contributed by atoms with E-state index < -0.39 is 0 Å². The monoisotopic (exact) mass is 173 g/mol. The third kappa shape index (κ3) is 3.14. The van der Waals surface area contributed by atoms with E-state index in [1.807, 2.05) is 31.2 Å². The number of hydrogen-bond donors (Lipinski definition) is 1. The van der Waals surface area contributed by atoms with Crippen molar-refractivity contribution in [1.82, 2.24) is 0 Å². The molecule has 0 heterocycles. The molecule has 0 saturated carbocycles. The first-order valence-electron chi connectivity index (χ1n) is 3.31. The molecule has 2 N–H and O–H groups in total. The van der Waals surface area contributed by atoms with E-state index in [1.54, 1.807) is 0 Å². The quantitative estimate of drug-likeness (QED) is 0.696. The fourth-order valence-electron chi connectivity index (χ4n) is 0.771. The van der Waals surface area contributed by atoms with Crippen LogP contribution in [0.5, 0.6) is 5.75 Å². The summed E-state index contributed by atoms with van der Waals surface area (Å²) >= 11 is 0. The van der Waals surface area contributed by atoms with Gasteiger partial charge in [0.25, 0.3) is 0 Å². The van der Waals surface area contributed by atoms with Crippen molar-refractivity contribution >= 4 is 18.1 Å². The maximum absolute atomic E-state index is 5.51. The number of benzene rings is 1. The largest absolute Gasteiger partial charge is 0.494 e. The number of rotatable bonds is 2. The highest BCUT2D eigenvalue weighted by Crippen LogP contribution is 2.13. The summed E-state index contributed by atoms with van der Waals surface area (Å²) in [7, 11) is 0. The first kappa shape index (κ1) is 10.1. The molecule has 0 atom stereocenters. The number of hydrogen-bond acceptors (Lipinski definition) is 2. The normalized spacial score (nSPS) is 8.45. The summed E-state index contributed by atoms with van der Waals surface area (Å²) in [6.45, 7) is 2.63. The van der Waals surface area contributed by atoms with E-state index in [0.29, 0.717) is 6.61 Å². The van der Waals surface area contributed by atoms with Crippen molar-refractivity contribution in [2.45, 2.75) is 6.92 Å². The minimum Gasteiger partial charge on any atom is -0.494 e. The van der Waals surface area contributed by atoms with Gasteiger partial charge in [0.1, 0.15) is 5.75 Å². The average Bonchev–Trinajstić information content (AvgIpc) is 1.88. The Labute approximate surface area is 72.8 Å². The highest BCUT2D eigenvalue weighted by Gasteiger charge is 1.89. The SMILES string of the molecule is CCOc1cccc(N)c1.Cl. The van der Waals surface area contributed by atoms with Gasteiger partial charge in [0.05, 0.1) is 6.61 Å². The van der Waals surface area contributed by atoms with Crippen molar-refractivity contribution in [3.05, 3.63) is 24.3 Å². The number of halogens is 1. The van der Waals surface area contributed by atoms with Crippen LogP contribution in [0.1, 0.15) is 6.92 Å². The fourth-order valence-corrected chi connectivity index (χ4v) is 0.771. The second-order valence-electron chi connectivity index (χ2n) is 2.01. The Hall–Kier alpha value is -0.890. The van der Waals surface area contributed by atoms with E-state index in [1.165, 1.54) is 0 Å². The van der Waals surface area contributed by atoms with E-state index in [-0.39, 0.29) is 12.4 Å². The van der Waals surface area contributed by atoms with Crippen LogP contribution in [-0.4, -0.2) is 6.61 Å². The van der Waals surface area contributed by atoms with Crippen LogP contribution in [0.3, 0.4) is 0 Å². The maximum Gasteiger partial charge on any atom is 0.121 e. The lowest BCUT2D eigenvalue weighted by atomic mass is 10.3. The summed E-state index contributed by atoms with van der Waals surface area (Å²) < 4.78 is 5.21. The fraction of sp³-hybridized carbons (Fsp3) is 0.250. The van der Waals surface area contributed by atoms with Crippen molar-refractivity contribution in [1.29, 1.82) is 0 Å². The molecule has 1 aromatic carbocycles. The topological polar surface area (TPSA) is 35.2 Å². The molecule has 1 rings (SSSR count). The number of ether oxygens (including phenoxy) is 1. The Balaban J connectivity index is 0.000001000. The van der Waals surface area contributed by atoms with E-state index in [4.69, 9.17) is 10.5 Å². The molecule has 0 spiro atoms. The number of nitrogens with two attached hydrogens (primary N) is 1. The summed E-state index contributed by atoms with van der Waals surface area (Å²) in [4.78, 5) is 0. The van der Waals surface area contributed by atoms with Gasteiger partial charge in [0.2, 0.25) is 0 Å². The van der Waals surface area contributed by atoms with E-state index in [0.717, 1.165) is 11.4 Å². The van der Waals surface area contributed by atoms with Crippen LogP contribution >= 0.6 is 12.4 Å². The molecule has 0 radical (unpaired) electrons. The predicted molar refractivity (Wildman–Crippen MR) is 49.3 cm³/mol. The van der Waals surface area contributed by atoms with Gasteiger partial charge in [0, 0.05) is 11.8 Å². The zero-order valence-electron chi connectivity index (χ0n) is 6.41. The Kier molecular flexibility index (Phi) is 4.46. The Morgan fingerprint density at radius 1 is 1.45 bits per heavy atom. The van der Waals surface area contributed by atoms with Crippen molar-refractivity contribution in [2.24, 2.45) is 0 Å². The lowest BCUT2D eigenvalue weighted by Crippen LogP contribution is -1.92. The van der Waals surface area contributed by atoms with E-state index >= 15 is 0 Å². The minimum absolute atomic E-state index is 0. The minimum atomic E-state index is 0. The van der Waals surface area contributed by atoms with Gasteiger partial charge in [-0.25, -0.2) is 0 Å². The molecule has 0 aliphatic carbocycles. The van der Waals surface area contributed by atoms with Crippen molar-refractivity contribution in [3.63, 3.8) is 0 Å². The van der Waals surface area contributed by atoms with Gasteiger partial charge in [-0.1, -0.05) is 6.07 Å². The van der Waals surface area contributed by atoms with Crippen molar-refractivity contribution in [3.8, 4) is 5.75 Å². The van der Waals surface area contributed by atoms with E-state index in [2.05, 4.69) is 0 Å². The Morgan fingerprint density at radius 2 is 2.18 bits per heavy atom. The molecule has 0 fully saturated rings. The molecule has 0 bridgehead atoms. The summed E-state index contributed by atoms with van der Waals surface area (Å²) in [5, 5.41) is 0. The number of anilines is 1. The van der Waals surface area contributed by atoms with Crippen LogP contribution in [-0.2, 0) is 0 Å². The third-order valence-corrected chi connectivity index (χ3v) is 1.17. The lowest BCUT2D eigenvalue weighted by molar-refractivity contribution is 0.340. The highest BCUT2D eigenvalue weighted by atomic mass is 35.5. The first-order chi connectivity index (χ1) is 4.83. The smallest absolute Gasteiger partial charge is 0.121 e. The third-order valence-electron chi connectivity index (χ3n) is 1.17. The van der Waals surface area contributed by atoms with Crippen molar-refractivity contribution < 1.29 is 4.74 Å². The standard InChI is InChI=1S/C8H11NO.ClH/c1-2-10-8-5-3-4-7(9)6-8;/h3-6H,2,9H2,1H3;1H.